The van der Waals surface area contributed by atoms with Crippen molar-refractivity contribution in [2.24, 2.45) is 0 Å². The third-order valence-electron chi connectivity index (χ3n) is 1.57. The summed E-state index contributed by atoms with van der Waals surface area (Å²) in [5.41, 5.74) is 0. The first-order chi connectivity index (χ1) is 6.17. The van der Waals surface area contributed by atoms with Gasteiger partial charge in [-0.2, -0.15) is 15.0 Å². The van der Waals surface area contributed by atoms with E-state index in [-0.39, 0.29) is 11.4 Å². The molecule has 72 valence electrons. The van der Waals surface area contributed by atoms with Crippen molar-refractivity contribution in [1.29, 1.82) is 0 Å². The standard InChI is InChI=1S/C7H11ClN4O/c1-4(13-3)5-10-6(8)12-7(9-2)11-5/h4H,1-3H3,(H,9,10,11,12). The summed E-state index contributed by atoms with van der Waals surface area (Å²) in [6.45, 7) is 1.84. The van der Waals surface area contributed by atoms with Crippen LogP contribution in [-0.4, -0.2) is 29.1 Å². The summed E-state index contributed by atoms with van der Waals surface area (Å²) in [7, 11) is 3.30. The molecule has 1 N–H and O–H groups in total. The van der Waals surface area contributed by atoms with Crippen molar-refractivity contribution in [2.45, 2.75) is 13.0 Å². The molecule has 13 heavy (non-hydrogen) atoms. The Morgan fingerprint density at radius 1 is 1.38 bits per heavy atom. The predicted octanol–water partition coefficient (Wildman–Crippen LogP) is 1.27. The second kappa shape index (κ2) is 4.34. The second-order valence-corrected chi connectivity index (χ2v) is 2.75. The first-order valence-electron chi connectivity index (χ1n) is 3.79. The number of anilines is 1. The van der Waals surface area contributed by atoms with Crippen LogP contribution in [0.5, 0.6) is 0 Å². The molecule has 1 aromatic heterocycles. The highest BCUT2D eigenvalue weighted by Gasteiger charge is 2.10. The third-order valence-corrected chi connectivity index (χ3v) is 1.74. The maximum Gasteiger partial charge on any atom is 0.227 e. The summed E-state index contributed by atoms with van der Waals surface area (Å²) in [4.78, 5) is 11.9. The first-order valence-corrected chi connectivity index (χ1v) is 4.17. The quantitative estimate of drug-likeness (QED) is 0.800. The van der Waals surface area contributed by atoms with Crippen LogP contribution < -0.4 is 5.32 Å². The van der Waals surface area contributed by atoms with E-state index in [4.69, 9.17) is 16.3 Å². The first kappa shape index (κ1) is 10.1. The largest absolute Gasteiger partial charge is 0.374 e. The van der Waals surface area contributed by atoms with Crippen LogP contribution >= 0.6 is 11.6 Å². The minimum atomic E-state index is -0.187. The molecule has 0 aliphatic heterocycles. The summed E-state index contributed by atoms with van der Waals surface area (Å²) in [5.74, 6) is 0.964. The van der Waals surface area contributed by atoms with Gasteiger partial charge in [0, 0.05) is 14.2 Å². The Labute approximate surface area is 81.5 Å². The highest BCUT2D eigenvalue weighted by atomic mass is 35.5. The minimum Gasteiger partial charge on any atom is -0.374 e. The fraction of sp³-hybridized carbons (Fsp3) is 0.571. The Morgan fingerprint density at radius 2 is 2.08 bits per heavy atom. The van der Waals surface area contributed by atoms with Gasteiger partial charge in [0.15, 0.2) is 5.82 Å². The molecule has 0 aromatic carbocycles. The molecule has 0 saturated heterocycles. The van der Waals surface area contributed by atoms with E-state index in [0.29, 0.717) is 11.8 Å². The number of hydrogen-bond donors (Lipinski definition) is 1. The lowest BCUT2D eigenvalue weighted by Crippen LogP contribution is -2.07. The van der Waals surface area contributed by atoms with Gasteiger partial charge in [-0.05, 0) is 18.5 Å². The van der Waals surface area contributed by atoms with Crippen LogP contribution in [0.1, 0.15) is 18.9 Å². The van der Waals surface area contributed by atoms with Crippen LogP contribution in [-0.2, 0) is 4.74 Å². The van der Waals surface area contributed by atoms with Gasteiger partial charge in [0.25, 0.3) is 0 Å². The van der Waals surface area contributed by atoms with Crippen LogP contribution in [0, 0.1) is 0 Å². The van der Waals surface area contributed by atoms with Crippen molar-refractivity contribution in [3.63, 3.8) is 0 Å². The Morgan fingerprint density at radius 3 is 2.62 bits per heavy atom. The van der Waals surface area contributed by atoms with Gasteiger partial charge in [0.05, 0.1) is 0 Å². The number of nitrogens with zero attached hydrogens (tertiary/aromatic N) is 3. The molecule has 5 nitrogen and oxygen atoms in total. The van der Waals surface area contributed by atoms with Crippen LogP contribution in [0.15, 0.2) is 0 Å². The van der Waals surface area contributed by atoms with Crippen molar-refractivity contribution in [3.05, 3.63) is 11.1 Å². The molecule has 1 rings (SSSR count). The van der Waals surface area contributed by atoms with E-state index in [9.17, 15) is 0 Å². The van der Waals surface area contributed by atoms with Gasteiger partial charge in [-0.1, -0.05) is 0 Å². The number of hydrogen-bond acceptors (Lipinski definition) is 5. The van der Waals surface area contributed by atoms with Crippen molar-refractivity contribution in [1.82, 2.24) is 15.0 Å². The second-order valence-electron chi connectivity index (χ2n) is 2.41. The number of methoxy groups -OCH3 is 1. The molecule has 0 saturated carbocycles. The van der Waals surface area contributed by atoms with E-state index in [2.05, 4.69) is 20.3 Å². The third kappa shape index (κ3) is 2.50. The normalized spacial score (nSPS) is 12.6. The van der Waals surface area contributed by atoms with Crippen molar-refractivity contribution < 1.29 is 4.74 Å². The molecule has 1 aromatic rings. The summed E-state index contributed by atoms with van der Waals surface area (Å²) in [6.07, 6.45) is -0.187. The maximum absolute atomic E-state index is 5.67. The number of aromatic nitrogens is 3. The molecular weight excluding hydrogens is 192 g/mol. The lowest BCUT2D eigenvalue weighted by Gasteiger charge is -2.08. The SMILES string of the molecule is CNc1nc(Cl)nc(C(C)OC)n1. The highest BCUT2D eigenvalue weighted by molar-refractivity contribution is 6.28. The van der Waals surface area contributed by atoms with Crippen LogP contribution in [0.4, 0.5) is 5.95 Å². The molecular formula is C7H11ClN4O. The molecule has 0 aliphatic carbocycles. The number of ether oxygens (including phenoxy) is 1. The van der Waals surface area contributed by atoms with Gasteiger partial charge in [-0.15, -0.1) is 0 Å². The highest BCUT2D eigenvalue weighted by Crippen LogP contribution is 2.14. The molecule has 1 atom stereocenters. The van der Waals surface area contributed by atoms with Crippen molar-refractivity contribution in [2.75, 3.05) is 19.5 Å². The summed E-state index contributed by atoms with van der Waals surface area (Å²) in [5, 5.41) is 2.95. The number of halogens is 1. The fourth-order valence-corrected chi connectivity index (χ4v) is 0.931. The smallest absolute Gasteiger partial charge is 0.227 e. The van der Waals surface area contributed by atoms with Crippen LogP contribution in [0.25, 0.3) is 0 Å². The van der Waals surface area contributed by atoms with E-state index < -0.39 is 0 Å². The molecule has 1 heterocycles. The van der Waals surface area contributed by atoms with Gasteiger partial charge in [0.2, 0.25) is 11.2 Å². The Kier molecular flexibility index (Phi) is 3.39. The van der Waals surface area contributed by atoms with E-state index in [1.54, 1.807) is 14.2 Å². The summed E-state index contributed by atoms with van der Waals surface area (Å²) in [6, 6.07) is 0. The van der Waals surface area contributed by atoms with E-state index in [1.165, 1.54) is 0 Å². The van der Waals surface area contributed by atoms with E-state index in [1.807, 2.05) is 6.92 Å². The van der Waals surface area contributed by atoms with Crippen molar-refractivity contribution in [3.8, 4) is 0 Å². The molecule has 0 bridgehead atoms. The van der Waals surface area contributed by atoms with E-state index >= 15 is 0 Å². The van der Waals surface area contributed by atoms with Gasteiger partial charge >= 0.3 is 0 Å². The van der Waals surface area contributed by atoms with E-state index in [0.717, 1.165) is 0 Å². The molecule has 0 fully saturated rings. The predicted molar refractivity (Wildman–Crippen MR) is 49.8 cm³/mol. The lowest BCUT2D eigenvalue weighted by molar-refractivity contribution is 0.112. The summed E-state index contributed by atoms with van der Waals surface area (Å²) >= 11 is 5.67. The monoisotopic (exact) mass is 202 g/mol. The Bertz CT molecular complexity index is 294. The van der Waals surface area contributed by atoms with Gasteiger partial charge in [-0.25, -0.2) is 0 Å². The van der Waals surface area contributed by atoms with Crippen LogP contribution in [0.2, 0.25) is 5.28 Å². The molecule has 1 unspecified atom stereocenters. The molecule has 0 spiro atoms. The molecule has 0 aliphatic rings. The zero-order valence-corrected chi connectivity index (χ0v) is 8.46. The molecule has 6 heteroatoms. The van der Waals surface area contributed by atoms with Gasteiger partial charge in [-0.3, -0.25) is 0 Å². The van der Waals surface area contributed by atoms with Crippen molar-refractivity contribution >= 4 is 17.5 Å². The van der Waals surface area contributed by atoms with Crippen LogP contribution in [0.3, 0.4) is 0 Å². The number of nitrogens with one attached hydrogen (secondary N) is 1. The van der Waals surface area contributed by atoms with Gasteiger partial charge in [0.1, 0.15) is 6.10 Å². The lowest BCUT2D eigenvalue weighted by atomic mass is 10.4. The molecule has 0 amide bonds. The zero-order chi connectivity index (χ0) is 9.84. The maximum atomic E-state index is 5.67. The Hall–Kier alpha value is -0.940. The number of rotatable bonds is 3. The average molecular weight is 203 g/mol. The summed E-state index contributed by atoms with van der Waals surface area (Å²) < 4.78 is 5.05. The molecule has 0 radical (unpaired) electrons. The Balaban J connectivity index is 3.01. The minimum absolute atomic E-state index is 0.165. The topological polar surface area (TPSA) is 59.9 Å². The zero-order valence-electron chi connectivity index (χ0n) is 7.71. The fourth-order valence-electron chi connectivity index (χ4n) is 0.764. The average Bonchev–Trinajstić information content (AvgIpc) is 2.15. The van der Waals surface area contributed by atoms with Gasteiger partial charge < -0.3 is 10.1 Å².